The fourth-order valence-corrected chi connectivity index (χ4v) is 1.72. The number of hydrogen-bond acceptors (Lipinski definition) is 3. The number of hydrogen-bond donors (Lipinski definition) is 1. The van der Waals surface area contributed by atoms with Gasteiger partial charge in [0.15, 0.2) is 0 Å². The van der Waals surface area contributed by atoms with E-state index >= 15 is 0 Å². The summed E-state index contributed by atoms with van der Waals surface area (Å²) in [4.78, 5) is 13.3. The molecule has 1 aromatic carbocycles. The molecule has 1 N–H and O–H groups in total. The third kappa shape index (κ3) is 3.74. The molecule has 0 aliphatic carbocycles. The maximum atomic E-state index is 11.7. The van der Waals surface area contributed by atoms with Gasteiger partial charge in [-0.15, -0.1) is 0 Å². The predicted molar refractivity (Wildman–Crippen MR) is 70.4 cm³/mol. The van der Waals surface area contributed by atoms with Crippen molar-refractivity contribution < 1.29 is 14.6 Å². The normalized spacial score (nSPS) is 12.3. The molecule has 4 heteroatoms. The second-order valence-electron chi connectivity index (χ2n) is 4.66. The summed E-state index contributed by atoms with van der Waals surface area (Å²) < 4.78 is 5.05. The van der Waals surface area contributed by atoms with Gasteiger partial charge in [-0.3, -0.25) is 4.79 Å². The summed E-state index contributed by atoms with van der Waals surface area (Å²) in [6, 6.07) is 7.19. The van der Waals surface area contributed by atoms with Crippen LogP contribution in [0, 0.1) is 5.92 Å². The van der Waals surface area contributed by atoms with Crippen molar-refractivity contribution in [2.24, 2.45) is 5.92 Å². The van der Waals surface area contributed by atoms with Crippen molar-refractivity contribution in [3.63, 3.8) is 0 Å². The van der Waals surface area contributed by atoms with Crippen LogP contribution in [0.5, 0.6) is 5.75 Å². The summed E-state index contributed by atoms with van der Waals surface area (Å²) in [5.41, 5.74) is 0.777. The van der Waals surface area contributed by atoms with Crippen LogP contribution in [0.15, 0.2) is 24.3 Å². The summed E-state index contributed by atoms with van der Waals surface area (Å²) in [6.45, 7) is 3.99. The molecule has 4 nitrogen and oxygen atoms in total. The van der Waals surface area contributed by atoms with Gasteiger partial charge in [-0.2, -0.15) is 0 Å². The van der Waals surface area contributed by atoms with Crippen molar-refractivity contribution in [1.29, 1.82) is 0 Å². The van der Waals surface area contributed by atoms with Gasteiger partial charge in [0.25, 0.3) is 0 Å². The largest absolute Gasteiger partial charge is 0.497 e. The predicted octanol–water partition coefficient (Wildman–Crippen LogP) is 1.84. The average Bonchev–Trinajstić information content (AvgIpc) is 2.37. The van der Waals surface area contributed by atoms with E-state index in [0.717, 1.165) is 11.3 Å². The van der Waals surface area contributed by atoms with Crippen LogP contribution in [0.4, 0.5) is 0 Å². The Bertz CT molecular complexity index is 387. The summed E-state index contributed by atoms with van der Waals surface area (Å²) in [6.07, 6.45) is -0.677. The smallest absolute Gasteiger partial charge is 0.224 e. The van der Waals surface area contributed by atoms with Gasteiger partial charge < -0.3 is 14.7 Å². The van der Waals surface area contributed by atoms with E-state index in [4.69, 9.17) is 4.74 Å². The maximum Gasteiger partial charge on any atom is 0.224 e. The number of nitrogens with zero attached hydrogens (tertiary/aromatic N) is 1. The quantitative estimate of drug-likeness (QED) is 0.868. The Balaban J connectivity index is 2.64. The zero-order valence-electron chi connectivity index (χ0n) is 11.4. The Hall–Kier alpha value is -1.55. The van der Waals surface area contributed by atoms with Gasteiger partial charge >= 0.3 is 0 Å². The molecular formula is C14H21NO3. The minimum atomic E-state index is -0.677. The monoisotopic (exact) mass is 251 g/mol. The van der Waals surface area contributed by atoms with E-state index in [0.29, 0.717) is 6.54 Å². The molecule has 100 valence electrons. The van der Waals surface area contributed by atoms with Crippen LogP contribution in [0.2, 0.25) is 0 Å². The molecule has 1 amide bonds. The number of carbonyl (C=O) groups excluding carboxylic acids is 1. The topological polar surface area (TPSA) is 49.8 Å². The third-order valence-electron chi connectivity index (χ3n) is 2.82. The average molecular weight is 251 g/mol. The highest BCUT2D eigenvalue weighted by Gasteiger charge is 2.17. The summed E-state index contributed by atoms with van der Waals surface area (Å²) in [5.74, 6) is 0.721. The molecule has 0 saturated heterocycles. The van der Waals surface area contributed by atoms with E-state index in [2.05, 4.69) is 0 Å². The van der Waals surface area contributed by atoms with Crippen LogP contribution in [0.25, 0.3) is 0 Å². The van der Waals surface area contributed by atoms with Gasteiger partial charge in [0.05, 0.1) is 19.8 Å². The highest BCUT2D eigenvalue weighted by Crippen LogP contribution is 2.18. The molecule has 0 saturated carbocycles. The first-order valence-electron chi connectivity index (χ1n) is 6.02. The van der Waals surface area contributed by atoms with Crippen LogP contribution in [0.3, 0.4) is 0 Å². The number of carbonyl (C=O) groups is 1. The van der Waals surface area contributed by atoms with Gasteiger partial charge in [0.1, 0.15) is 5.75 Å². The number of amides is 1. The maximum absolute atomic E-state index is 11.7. The molecule has 0 aliphatic rings. The lowest BCUT2D eigenvalue weighted by molar-refractivity contribution is -0.134. The zero-order chi connectivity index (χ0) is 13.7. The zero-order valence-corrected chi connectivity index (χ0v) is 11.4. The van der Waals surface area contributed by atoms with Crippen LogP contribution in [-0.4, -0.2) is 36.6 Å². The van der Waals surface area contributed by atoms with Crippen molar-refractivity contribution >= 4 is 5.91 Å². The molecule has 1 aromatic rings. The van der Waals surface area contributed by atoms with E-state index in [1.54, 1.807) is 43.3 Å². The second kappa shape index (κ2) is 6.40. The number of rotatable bonds is 5. The van der Waals surface area contributed by atoms with Crippen molar-refractivity contribution in [3.05, 3.63) is 29.8 Å². The van der Waals surface area contributed by atoms with Crippen LogP contribution in [0.1, 0.15) is 25.5 Å². The highest BCUT2D eigenvalue weighted by molar-refractivity contribution is 5.77. The van der Waals surface area contributed by atoms with E-state index in [1.807, 2.05) is 13.8 Å². The Morgan fingerprint density at radius 2 is 1.89 bits per heavy atom. The molecule has 1 rings (SSSR count). The fourth-order valence-electron chi connectivity index (χ4n) is 1.72. The lowest BCUT2D eigenvalue weighted by atomic mass is 10.1. The lowest BCUT2D eigenvalue weighted by Gasteiger charge is -2.22. The van der Waals surface area contributed by atoms with E-state index in [1.165, 1.54) is 0 Å². The molecule has 18 heavy (non-hydrogen) atoms. The fraction of sp³-hybridized carbons (Fsp3) is 0.500. The van der Waals surface area contributed by atoms with Crippen molar-refractivity contribution in [3.8, 4) is 5.75 Å². The number of likely N-dealkylation sites (N-methyl/N-ethyl adjacent to an activating group) is 1. The molecule has 0 aromatic heterocycles. The van der Waals surface area contributed by atoms with E-state index in [-0.39, 0.29) is 11.8 Å². The number of methoxy groups -OCH3 is 1. The Morgan fingerprint density at radius 1 is 1.33 bits per heavy atom. The summed E-state index contributed by atoms with van der Waals surface area (Å²) in [7, 11) is 3.30. The molecule has 0 bridgehead atoms. The molecule has 1 unspecified atom stereocenters. The molecule has 0 aliphatic heterocycles. The lowest BCUT2D eigenvalue weighted by Crippen LogP contribution is -2.34. The minimum absolute atomic E-state index is 0.0301. The van der Waals surface area contributed by atoms with E-state index in [9.17, 15) is 9.90 Å². The Morgan fingerprint density at radius 3 is 2.33 bits per heavy atom. The second-order valence-corrected chi connectivity index (χ2v) is 4.66. The molecule has 0 spiro atoms. The number of benzene rings is 1. The summed E-state index contributed by atoms with van der Waals surface area (Å²) >= 11 is 0. The van der Waals surface area contributed by atoms with E-state index < -0.39 is 6.10 Å². The highest BCUT2D eigenvalue weighted by atomic mass is 16.5. The van der Waals surface area contributed by atoms with Gasteiger partial charge in [0, 0.05) is 13.0 Å². The molecule has 1 atom stereocenters. The first kappa shape index (κ1) is 14.5. The van der Waals surface area contributed by atoms with Crippen LogP contribution >= 0.6 is 0 Å². The third-order valence-corrected chi connectivity index (χ3v) is 2.82. The van der Waals surface area contributed by atoms with Gasteiger partial charge in [-0.1, -0.05) is 26.0 Å². The van der Waals surface area contributed by atoms with Gasteiger partial charge in [-0.05, 0) is 17.7 Å². The molecular weight excluding hydrogens is 230 g/mol. The number of ether oxygens (including phenoxy) is 1. The van der Waals surface area contributed by atoms with Crippen molar-refractivity contribution in [2.45, 2.75) is 20.0 Å². The molecule has 0 radical (unpaired) electrons. The number of aliphatic hydroxyl groups excluding tert-OH is 1. The first-order chi connectivity index (χ1) is 8.45. The van der Waals surface area contributed by atoms with Crippen LogP contribution in [-0.2, 0) is 4.79 Å². The minimum Gasteiger partial charge on any atom is -0.497 e. The standard InChI is InChI=1S/C14H21NO3/c1-10(2)14(17)15(3)9-13(16)11-5-7-12(18-4)8-6-11/h5-8,10,13,16H,9H2,1-4H3. The molecule has 0 fully saturated rings. The van der Waals surface area contributed by atoms with Crippen molar-refractivity contribution in [1.82, 2.24) is 4.90 Å². The Kier molecular flexibility index (Phi) is 5.16. The summed E-state index contributed by atoms with van der Waals surface area (Å²) in [5, 5.41) is 10.1. The van der Waals surface area contributed by atoms with Gasteiger partial charge in [0.2, 0.25) is 5.91 Å². The van der Waals surface area contributed by atoms with Gasteiger partial charge in [-0.25, -0.2) is 0 Å². The van der Waals surface area contributed by atoms with Crippen molar-refractivity contribution in [2.75, 3.05) is 20.7 Å². The SMILES string of the molecule is COc1ccc(C(O)CN(C)C(=O)C(C)C)cc1. The first-order valence-corrected chi connectivity index (χ1v) is 6.02. The Labute approximate surface area is 108 Å². The number of aliphatic hydroxyl groups is 1. The molecule has 0 heterocycles. The van der Waals surface area contributed by atoms with Crippen LogP contribution < -0.4 is 4.74 Å².